The molecule has 0 aliphatic rings. The molecule has 1 aromatic heterocycles. The van der Waals surface area contributed by atoms with Gasteiger partial charge in [-0.1, -0.05) is 6.92 Å². The van der Waals surface area contributed by atoms with Crippen LogP contribution in [-0.2, 0) is 23.6 Å². The Balaban J connectivity index is 2.03. The molecule has 13 heteroatoms. The fraction of sp³-hybridized carbons (Fsp3) is 0.348. The molecule has 1 N–H and O–H groups in total. The zero-order chi connectivity index (χ0) is 27.0. The van der Waals surface area contributed by atoms with Gasteiger partial charge in [-0.2, -0.15) is 13.2 Å². The molecule has 1 atom stereocenters. The number of aliphatic carboxylic acids is 1. The van der Waals surface area contributed by atoms with Crippen molar-refractivity contribution in [2.24, 2.45) is 7.05 Å². The van der Waals surface area contributed by atoms with Gasteiger partial charge < -0.3 is 19.1 Å². The van der Waals surface area contributed by atoms with Crippen LogP contribution in [0.5, 0.6) is 11.5 Å². The quantitative estimate of drug-likeness (QED) is 0.399. The zero-order valence-corrected chi connectivity index (χ0v) is 19.5. The summed E-state index contributed by atoms with van der Waals surface area (Å²) in [6, 6.07) is 3.70. The monoisotopic (exact) mass is 517 g/mol. The lowest BCUT2D eigenvalue weighted by molar-refractivity contribution is -0.145. The molecule has 0 radical (unpaired) electrons. The number of nitrogens with zero attached hydrogens (tertiary/aromatic N) is 3. The number of carboxylic acid groups (broad SMARTS) is 1. The highest BCUT2D eigenvalue weighted by Crippen LogP contribution is 2.40. The molecule has 194 valence electrons. The molecule has 1 heterocycles. The van der Waals surface area contributed by atoms with E-state index in [1.54, 1.807) is 0 Å². The van der Waals surface area contributed by atoms with Gasteiger partial charge >= 0.3 is 12.1 Å². The van der Waals surface area contributed by atoms with Gasteiger partial charge in [0.05, 0.1) is 5.56 Å². The predicted molar refractivity (Wildman–Crippen MR) is 114 cm³/mol. The minimum atomic E-state index is -4.88. The van der Waals surface area contributed by atoms with Crippen LogP contribution in [-0.4, -0.2) is 31.9 Å². The van der Waals surface area contributed by atoms with E-state index >= 15 is 0 Å². The number of hydrogen-bond donors (Lipinski definition) is 1. The Kier molecular flexibility index (Phi) is 7.23. The number of benzene rings is 2. The molecular weight excluding hydrogens is 496 g/mol. The van der Waals surface area contributed by atoms with Crippen LogP contribution in [0.2, 0.25) is 0 Å². The van der Waals surface area contributed by atoms with Crippen molar-refractivity contribution in [2.45, 2.75) is 45.1 Å². The van der Waals surface area contributed by atoms with E-state index in [9.17, 15) is 31.1 Å². The Morgan fingerprint density at radius 3 is 2.22 bits per heavy atom. The van der Waals surface area contributed by atoms with Gasteiger partial charge in [0, 0.05) is 24.7 Å². The minimum absolute atomic E-state index is 0.0232. The second-order valence-corrected chi connectivity index (χ2v) is 8.28. The molecule has 2 aromatic carbocycles. The Bertz CT molecular complexity index is 1270. The van der Waals surface area contributed by atoms with Crippen LogP contribution in [0.3, 0.4) is 0 Å². The Hall–Kier alpha value is -3.77. The van der Waals surface area contributed by atoms with Crippen molar-refractivity contribution >= 4 is 5.97 Å². The molecule has 0 bridgehead atoms. The van der Waals surface area contributed by atoms with Gasteiger partial charge in [0.1, 0.15) is 11.6 Å². The van der Waals surface area contributed by atoms with Crippen LogP contribution in [0.15, 0.2) is 30.3 Å². The fourth-order valence-corrected chi connectivity index (χ4v) is 3.51. The molecule has 0 fully saturated rings. The number of alkyl halides is 3. The number of hydrogen-bond acceptors (Lipinski definition) is 5. The van der Waals surface area contributed by atoms with Gasteiger partial charge in [0.25, 0.3) is 0 Å². The topological polar surface area (TPSA) is 86.5 Å². The molecule has 0 saturated carbocycles. The largest absolute Gasteiger partial charge is 0.479 e. The first-order valence-electron chi connectivity index (χ1n) is 10.5. The maximum Gasteiger partial charge on any atom is 0.417 e. The first kappa shape index (κ1) is 26.8. The molecular formula is C23H21F6N3O4. The molecule has 0 aliphatic heterocycles. The first-order chi connectivity index (χ1) is 16.7. The summed E-state index contributed by atoms with van der Waals surface area (Å²) in [4.78, 5) is 11.2. The summed E-state index contributed by atoms with van der Waals surface area (Å²) in [5.74, 6) is -6.67. The molecule has 3 aromatic rings. The minimum Gasteiger partial charge on any atom is -0.479 e. The molecule has 7 nitrogen and oxygen atoms in total. The maximum absolute atomic E-state index is 14.1. The summed E-state index contributed by atoms with van der Waals surface area (Å²) in [6.45, 7) is 4.20. The molecule has 0 amide bonds. The molecule has 0 spiro atoms. The highest BCUT2D eigenvalue weighted by molar-refractivity contribution is 5.73. The van der Waals surface area contributed by atoms with E-state index in [2.05, 4.69) is 10.2 Å². The van der Waals surface area contributed by atoms with Crippen molar-refractivity contribution in [3.8, 4) is 22.9 Å². The van der Waals surface area contributed by atoms with Gasteiger partial charge in [-0.15, -0.1) is 10.2 Å². The smallest absolute Gasteiger partial charge is 0.417 e. The van der Waals surface area contributed by atoms with Crippen molar-refractivity contribution in [3.63, 3.8) is 0 Å². The highest BCUT2D eigenvalue weighted by Gasteiger charge is 2.38. The SMILES string of the molecule is CCC(Oc1ccc(-c2nnc(C(C)(C)Oc3c(F)cc(F)cc3F)n2C)c(C(F)(F)F)c1)C(=O)O. The van der Waals surface area contributed by atoms with E-state index in [4.69, 9.17) is 14.6 Å². The highest BCUT2D eigenvalue weighted by atomic mass is 19.4. The van der Waals surface area contributed by atoms with Crippen molar-refractivity contribution in [1.29, 1.82) is 0 Å². The lowest BCUT2D eigenvalue weighted by Crippen LogP contribution is -2.30. The summed E-state index contributed by atoms with van der Waals surface area (Å²) < 4.78 is 94.8. The van der Waals surface area contributed by atoms with Crippen molar-refractivity contribution in [3.05, 3.63) is 59.2 Å². The normalized spacial score (nSPS) is 12.9. The summed E-state index contributed by atoms with van der Waals surface area (Å²) in [5.41, 5.74) is -3.19. The Morgan fingerprint density at radius 2 is 1.69 bits per heavy atom. The van der Waals surface area contributed by atoms with E-state index in [0.29, 0.717) is 18.2 Å². The van der Waals surface area contributed by atoms with E-state index in [1.807, 2.05) is 0 Å². The number of ether oxygens (including phenoxy) is 2. The molecule has 0 aliphatic carbocycles. The van der Waals surface area contributed by atoms with Crippen LogP contribution in [0.25, 0.3) is 11.4 Å². The van der Waals surface area contributed by atoms with Crippen LogP contribution in [0.4, 0.5) is 26.3 Å². The van der Waals surface area contributed by atoms with Gasteiger partial charge in [-0.3, -0.25) is 0 Å². The van der Waals surface area contributed by atoms with E-state index in [1.165, 1.54) is 27.8 Å². The summed E-state index contributed by atoms with van der Waals surface area (Å²) >= 11 is 0. The summed E-state index contributed by atoms with van der Waals surface area (Å²) in [6.07, 6.45) is -6.20. The standard InChI is InChI=1S/C23H21F6N3O4/c1-5-17(20(33)34)35-12-6-7-13(14(10-12)23(27,28)29)19-30-31-21(32(19)4)22(2,3)36-18-15(25)8-11(24)9-16(18)26/h6-10,17H,5H2,1-4H3,(H,33,34). The third-order valence-electron chi connectivity index (χ3n) is 5.20. The van der Waals surface area contributed by atoms with E-state index in [0.717, 1.165) is 16.7 Å². The number of aromatic nitrogens is 3. The lowest BCUT2D eigenvalue weighted by atomic mass is 10.0. The number of halogens is 6. The number of rotatable bonds is 8. The lowest BCUT2D eigenvalue weighted by Gasteiger charge is -2.26. The zero-order valence-electron chi connectivity index (χ0n) is 19.5. The van der Waals surface area contributed by atoms with Crippen LogP contribution in [0, 0.1) is 17.5 Å². The van der Waals surface area contributed by atoms with Crippen molar-refractivity contribution < 1.29 is 45.7 Å². The van der Waals surface area contributed by atoms with Gasteiger partial charge in [0.2, 0.25) is 0 Å². The molecule has 3 rings (SSSR count). The average Bonchev–Trinajstić information content (AvgIpc) is 3.15. The Labute approximate surface area is 201 Å². The second-order valence-electron chi connectivity index (χ2n) is 8.28. The van der Waals surface area contributed by atoms with Gasteiger partial charge in [-0.25, -0.2) is 18.0 Å². The summed E-state index contributed by atoms with van der Waals surface area (Å²) in [7, 11) is 1.33. The van der Waals surface area contributed by atoms with Crippen LogP contribution in [0.1, 0.15) is 38.6 Å². The number of carbonyl (C=O) groups is 1. The van der Waals surface area contributed by atoms with E-state index in [-0.39, 0.29) is 23.8 Å². The first-order valence-corrected chi connectivity index (χ1v) is 10.5. The third-order valence-corrected chi connectivity index (χ3v) is 5.20. The van der Waals surface area contributed by atoms with Crippen LogP contribution >= 0.6 is 0 Å². The van der Waals surface area contributed by atoms with Crippen LogP contribution < -0.4 is 9.47 Å². The molecule has 1 unspecified atom stereocenters. The fourth-order valence-electron chi connectivity index (χ4n) is 3.51. The molecule has 0 saturated heterocycles. The summed E-state index contributed by atoms with van der Waals surface area (Å²) in [5, 5.41) is 16.8. The van der Waals surface area contributed by atoms with Gasteiger partial charge in [-0.05, 0) is 38.5 Å². The van der Waals surface area contributed by atoms with Gasteiger partial charge in [0.15, 0.2) is 40.7 Å². The second kappa shape index (κ2) is 9.70. The van der Waals surface area contributed by atoms with Crippen molar-refractivity contribution in [2.75, 3.05) is 0 Å². The van der Waals surface area contributed by atoms with Crippen molar-refractivity contribution in [1.82, 2.24) is 14.8 Å². The van der Waals surface area contributed by atoms with E-state index < -0.39 is 58.2 Å². The number of carboxylic acids is 1. The predicted octanol–water partition coefficient (Wildman–Crippen LogP) is 5.47. The molecule has 36 heavy (non-hydrogen) atoms. The Morgan fingerprint density at radius 1 is 1.08 bits per heavy atom. The maximum atomic E-state index is 14.1. The third kappa shape index (κ3) is 5.39. The average molecular weight is 517 g/mol.